The Kier molecular flexibility index (Phi) is 4.42. The molecule has 1 fully saturated rings. The normalized spacial score (nSPS) is 18.0. The van der Waals surface area contributed by atoms with Crippen molar-refractivity contribution in [3.05, 3.63) is 47.0 Å². The zero-order chi connectivity index (χ0) is 18.3. The summed E-state index contributed by atoms with van der Waals surface area (Å²) in [5, 5.41) is 4.52. The lowest BCUT2D eigenvalue weighted by atomic mass is 10.1. The van der Waals surface area contributed by atoms with Crippen LogP contribution in [0.3, 0.4) is 0 Å². The lowest BCUT2D eigenvalue weighted by Crippen LogP contribution is -2.33. The summed E-state index contributed by atoms with van der Waals surface area (Å²) in [5.74, 6) is 0.727. The molecule has 0 bridgehead atoms. The van der Waals surface area contributed by atoms with Gasteiger partial charge < -0.3 is 9.64 Å². The Hall–Kier alpha value is -2.37. The molecule has 0 spiro atoms. The molecule has 0 radical (unpaired) electrons. The lowest BCUT2D eigenvalue weighted by Gasteiger charge is -2.21. The summed E-state index contributed by atoms with van der Waals surface area (Å²) in [6.07, 6.45) is 4.90. The highest BCUT2D eigenvalue weighted by Crippen LogP contribution is 2.43. The second kappa shape index (κ2) is 6.74. The number of nitrogens with zero attached hydrogens (tertiary/aromatic N) is 3. The standard InChI is InChI=1S/C20H24FN3O2/c1-3-13(2)24-19(14-4-5-14)17(11-22-24)20(25)23-8-9-26-18-7-6-16(21)10-15(18)12-23/h6-7,10-11,13-14H,3-5,8-9,12H2,1-2H3/t13-/m1/s1. The second-order valence-electron chi connectivity index (χ2n) is 7.25. The number of carbonyl (C=O) groups excluding carboxylic acids is 1. The molecule has 5 nitrogen and oxygen atoms in total. The third kappa shape index (κ3) is 3.08. The Bertz CT molecular complexity index is 828. The van der Waals surface area contributed by atoms with Gasteiger partial charge in [0.15, 0.2) is 0 Å². The first-order valence-corrected chi connectivity index (χ1v) is 9.36. The lowest BCUT2D eigenvalue weighted by molar-refractivity contribution is 0.0731. The van der Waals surface area contributed by atoms with Crippen LogP contribution in [0.1, 0.15) is 66.7 Å². The van der Waals surface area contributed by atoms with Crippen LogP contribution in [0.2, 0.25) is 0 Å². The first kappa shape index (κ1) is 17.1. The fraction of sp³-hybridized carbons (Fsp3) is 0.500. The van der Waals surface area contributed by atoms with Crippen molar-refractivity contribution in [2.75, 3.05) is 13.2 Å². The molecule has 2 aromatic rings. The Balaban J connectivity index is 1.64. The summed E-state index contributed by atoms with van der Waals surface area (Å²) in [6, 6.07) is 4.74. The summed E-state index contributed by atoms with van der Waals surface area (Å²) in [5.41, 5.74) is 2.46. The SMILES string of the molecule is CC[C@@H](C)n1ncc(C(=O)N2CCOc3ccc(F)cc3C2)c1C1CC1. The van der Waals surface area contributed by atoms with Crippen molar-refractivity contribution in [1.29, 1.82) is 0 Å². The monoisotopic (exact) mass is 357 g/mol. The number of fused-ring (bicyclic) bond motifs is 1. The van der Waals surface area contributed by atoms with Crippen LogP contribution in [0.15, 0.2) is 24.4 Å². The maximum absolute atomic E-state index is 13.6. The van der Waals surface area contributed by atoms with E-state index >= 15 is 0 Å². The summed E-state index contributed by atoms with van der Waals surface area (Å²) in [7, 11) is 0. The molecule has 0 N–H and O–H groups in total. The van der Waals surface area contributed by atoms with Crippen molar-refractivity contribution in [2.45, 2.75) is 51.6 Å². The minimum absolute atomic E-state index is 0.0397. The molecule has 1 aliphatic heterocycles. The summed E-state index contributed by atoms with van der Waals surface area (Å²) in [4.78, 5) is 15.0. The highest BCUT2D eigenvalue weighted by molar-refractivity contribution is 5.95. The first-order valence-electron chi connectivity index (χ1n) is 9.36. The van der Waals surface area contributed by atoms with Gasteiger partial charge in [-0.3, -0.25) is 9.48 Å². The maximum atomic E-state index is 13.6. The number of amides is 1. The predicted molar refractivity (Wildman–Crippen MR) is 95.8 cm³/mol. The van der Waals surface area contributed by atoms with Crippen LogP contribution < -0.4 is 4.74 Å². The zero-order valence-corrected chi connectivity index (χ0v) is 15.2. The van der Waals surface area contributed by atoms with E-state index in [0.29, 0.717) is 42.5 Å². The Morgan fingerprint density at radius 1 is 1.42 bits per heavy atom. The van der Waals surface area contributed by atoms with Gasteiger partial charge in [0, 0.05) is 24.1 Å². The summed E-state index contributed by atoms with van der Waals surface area (Å²) < 4.78 is 21.3. The number of rotatable bonds is 4. The van der Waals surface area contributed by atoms with Gasteiger partial charge in [-0.2, -0.15) is 5.10 Å². The van der Waals surface area contributed by atoms with E-state index in [4.69, 9.17) is 4.74 Å². The van der Waals surface area contributed by atoms with Gasteiger partial charge in [-0.1, -0.05) is 6.92 Å². The van der Waals surface area contributed by atoms with Crippen LogP contribution in [-0.2, 0) is 6.54 Å². The largest absolute Gasteiger partial charge is 0.491 e. The van der Waals surface area contributed by atoms with E-state index in [2.05, 4.69) is 18.9 Å². The van der Waals surface area contributed by atoms with Crippen molar-refractivity contribution >= 4 is 5.91 Å². The second-order valence-corrected chi connectivity index (χ2v) is 7.25. The van der Waals surface area contributed by atoms with Gasteiger partial charge in [-0.05, 0) is 44.4 Å². The number of ether oxygens (including phenoxy) is 1. The van der Waals surface area contributed by atoms with Gasteiger partial charge >= 0.3 is 0 Å². The smallest absolute Gasteiger partial charge is 0.257 e. The molecule has 6 heteroatoms. The topological polar surface area (TPSA) is 47.4 Å². The van der Waals surface area contributed by atoms with Gasteiger partial charge in [-0.25, -0.2) is 4.39 Å². The first-order chi connectivity index (χ1) is 12.6. The molecule has 0 unspecified atom stereocenters. The molecule has 0 saturated heterocycles. The van der Waals surface area contributed by atoms with E-state index in [-0.39, 0.29) is 17.8 Å². The molecule has 1 aromatic carbocycles. The van der Waals surface area contributed by atoms with Crippen LogP contribution in [0.5, 0.6) is 5.75 Å². The molecule has 2 aliphatic rings. The third-order valence-electron chi connectivity index (χ3n) is 5.33. The highest BCUT2D eigenvalue weighted by atomic mass is 19.1. The number of halogens is 1. The average molecular weight is 357 g/mol. The van der Waals surface area contributed by atoms with Gasteiger partial charge in [-0.15, -0.1) is 0 Å². The quantitative estimate of drug-likeness (QED) is 0.834. The molecule has 1 atom stereocenters. The molecule has 26 heavy (non-hydrogen) atoms. The van der Waals surface area contributed by atoms with E-state index in [1.807, 2.05) is 4.68 Å². The number of benzene rings is 1. The number of hydrogen-bond acceptors (Lipinski definition) is 3. The fourth-order valence-corrected chi connectivity index (χ4v) is 3.53. The van der Waals surface area contributed by atoms with Crippen molar-refractivity contribution in [1.82, 2.24) is 14.7 Å². The molecule has 1 saturated carbocycles. The molecule has 1 aromatic heterocycles. The third-order valence-corrected chi connectivity index (χ3v) is 5.33. The molecular formula is C20H24FN3O2. The van der Waals surface area contributed by atoms with E-state index < -0.39 is 0 Å². The molecule has 4 rings (SSSR count). The maximum Gasteiger partial charge on any atom is 0.257 e. The molecule has 1 amide bonds. The van der Waals surface area contributed by atoms with E-state index in [9.17, 15) is 9.18 Å². The summed E-state index contributed by atoms with van der Waals surface area (Å²) in [6.45, 7) is 5.50. The van der Waals surface area contributed by atoms with Crippen LogP contribution in [0.25, 0.3) is 0 Å². The van der Waals surface area contributed by atoms with Gasteiger partial charge in [0.1, 0.15) is 18.2 Å². The minimum atomic E-state index is -0.315. The van der Waals surface area contributed by atoms with Crippen LogP contribution in [0.4, 0.5) is 4.39 Å². The van der Waals surface area contributed by atoms with Gasteiger partial charge in [0.2, 0.25) is 0 Å². The van der Waals surface area contributed by atoms with Crippen LogP contribution in [-0.4, -0.2) is 33.7 Å². The average Bonchev–Trinajstić information content (AvgIpc) is 3.42. The number of aromatic nitrogens is 2. The Morgan fingerprint density at radius 2 is 2.23 bits per heavy atom. The van der Waals surface area contributed by atoms with E-state index in [1.165, 1.54) is 12.1 Å². The van der Waals surface area contributed by atoms with Crippen molar-refractivity contribution in [2.24, 2.45) is 0 Å². The van der Waals surface area contributed by atoms with Crippen molar-refractivity contribution in [3.63, 3.8) is 0 Å². The van der Waals surface area contributed by atoms with E-state index in [1.54, 1.807) is 17.2 Å². The molecular weight excluding hydrogens is 333 g/mol. The highest BCUT2D eigenvalue weighted by Gasteiger charge is 2.35. The predicted octanol–water partition coefficient (Wildman–Crippen LogP) is 3.91. The number of hydrogen-bond donors (Lipinski definition) is 0. The minimum Gasteiger partial charge on any atom is -0.491 e. The zero-order valence-electron chi connectivity index (χ0n) is 15.2. The Morgan fingerprint density at radius 3 is 2.96 bits per heavy atom. The number of carbonyl (C=O) groups is 1. The van der Waals surface area contributed by atoms with Crippen molar-refractivity contribution in [3.8, 4) is 5.75 Å². The summed E-state index contributed by atoms with van der Waals surface area (Å²) >= 11 is 0. The molecule has 138 valence electrons. The molecule has 2 heterocycles. The van der Waals surface area contributed by atoms with Crippen LogP contribution >= 0.6 is 0 Å². The van der Waals surface area contributed by atoms with Gasteiger partial charge in [0.05, 0.1) is 24.0 Å². The molecule has 1 aliphatic carbocycles. The van der Waals surface area contributed by atoms with Gasteiger partial charge in [0.25, 0.3) is 5.91 Å². The van der Waals surface area contributed by atoms with E-state index in [0.717, 1.165) is 25.0 Å². The fourth-order valence-electron chi connectivity index (χ4n) is 3.53. The van der Waals surface area contributed by atoms with Crippen LogP contribution in [0, 0.1) is 5.82 Å². The Labute approximate surface area is 152 Å². The van der Waals surface area contributed by atoms with Crippen molar-refractivity contribution < 1.29 is 13.9 Å².